The smallest absolute Gasteiger partial charge is 0.255 e. The second kappa shape index (κ2) is 12.7. The summed E-state index contributed by atoms with van der Waals surface area (Å²) in [7, 11) is 4.69. The molecule has 0 saturated heterocycles. The van der Waals surface area contributed by atoms with Crippen molar-refractivity contribution < 1.29 is 23.8 Å². The molecule has 194 valence electrons. The molecule has 0 heterocycles. The monoisotopic (exact) mass is 528 g/mol. The maximum atomic E-state index is 13.6. The molecule has 2 amide bonds. The van der Waals surface area contributed by atoms with Crippen LogP contribution in [0, 0.1) is 0 Å². The Bertz CT molecular complexity index is 1390. The number of carbonyl (C=O) groups excluding carboxylic acids is 2. The molecule has 1 unspecified atom stereocenters. The van der Waals surface area contributed by atoms with Crippen molar-refractivity contribution >= 4 is 35.0 Å². The summed E-state index contributed by atoms with van der Waals surface area (Å²) in [5.41, 5.74) is 2.48. The number of methoxy groups -OCH3 is 3. The highest BCUT2D eigenvalue weighted by Crippen LogP contribution is 2.38. The molecule has 7 nitrogen and oxygen atoms in total. The Morgan fingerprint density at radius 1 is 0.711 bits per heavy atom. The summed E-state index contributed by atoms with van der Waals surface area (Å²) >= 11 is 1.38. The summed E-state index contributed by atoms with van der Waals surface area (Å²) in [5, 5.41) is 5.34. The Balaban J connectivity index is 1.55. The molecule has 4 aromatic rings. The van der Waals surface area contributed by atoms with Crippen LogP contribution in [0.25, 0.3) is 0 Å². The van der Waals surface area contributed by atoms with Crippen molar-refractivity contribution in [3.63, 3.8) is 0 Å². The number of rotatable bonds is 10. The van der Waals surface area contributed by atoms with Crippen LogP contribution < -0.4 is 24.8 Å². The molecule has 0 bridgehead atoms. The van der Waals surface area contributed by atoms with Gasteiger partial charge in [0, 0.05) is 22.2 Å². The zero-order valence-corrected chi connectivity index (χ0v) is 22.1. The first-order valence-corrected chi connectivity index (χ1v) is 12.7. The molecule has 2 N–H and O–H groups in total. The summed E-state index contributed by atoms with van der Waals surface area (Å²) in [6, 6.07) is 29.0. The van der Waals surface area contributed by atoms with Gasteiger partial charge in [0.15, 0.2) is 0 Å². The lowest BCUT2D eigenvalue weighted by Crippen LogP contribution is -2.19. The van der Waals surface area contributed by atoms with Gasteiger partial charge in [0.25, 0.3) is 5.91 Å². The zero-order valence-electron chi connectivity index (χ0n) is 21.3. The van der Waals surface area contributed by atoms with Crippen LogP contribution in [0.1, 0.15) is 21.2 Å². The Hall–Kier alpha value is -4.43. The minimum absolute atomic E-state index is 0.222. The molecule has 0 saturated carbocycles. The summed E-state index contributed by atoms with van der Waals surface area (Å²) in [4.78, 5) is 27.1. The molecule has 38 heavy (non-hydrogen) atoms. The molecule has 0 radical (unpaired) electrons. The largest absolute Gasteiger partial charge is 0.497 e. The van der Waals surface area contributed by atoms with Crippen molar-refractivity contribution in [1.29, 1.82) is 0 Å². The van der Waals surface area contributed by atoms with Crippen molar-refractivity contribution in [3.8, 4) is 17.2 Å². The van der Waals surface area contributed by atoms with Gasteiger partial charge in [-0.2, -0.15) is 0 Å². The van der Waals surface area contributed by atoms with E-state index < -0.39 is 5.25 Å². The molecule has 4 aromatic carbocycles. The maximum Gasteiger partial charge on any atom is 0.255 e. The van der Waals surface area contributed by atoms with Crippen LogP contribution in [0.2, 0.25) is 0 Å². The molecule has 0 aliphatic heterocycles. The molecule has 1 atom stereocenters. The van der Waals surface area contributed by atoms with E-state index >= 15 is 0 Å². The van der Waals surface area contributed by atoms with Gasteiger partial charge in [-0.3, -0.25) is 9.59 Å². The number of hydrogen-bond acceptors (Lipinski definition) is 6. The van der Waals surface area contributed by atoms with Gasteiger partial charge in [0.1, 0.15) is 22.5 Å². The standard InChI is InChI=1S/C30H28N2O5S/c1-35-23-14-12-21(13-15-23)29(33)31-22-10-7-11-25(18-22)38-28(20-8-5-4-6-9-20)30(34)32-26-19-24(36-2)16-17-27(26)37-3/h4-19,28H,1-3H3,(H,31,33)(H,32,34). The van der Waals surface area contributed by atoms with Crippen LogP contribution in [-0.4, -0.2) is 33.1 Å². The average Bonchev–Trinajstić information content (AvgIpc) is 2.96. The summed E-state index contributed by atoms with van der Waals surface area (Å²) < 4.78 is 15.9. The minimum Gasteiger partial charge on any atom is -0.497 e. The minimum atomic E-state index is -0.570. The van der Waals surface area contributed by atoms with Crippen LogP contribution >= 0.6 is 11.8 Å². The highest BCUT2D eigenvalue weighted by molar-refractivity contribution is 8.00. The van der Waals surface area contributed by atoms with E-state index in [0.29, 0.717) is 34.2 Å². The number of benzene rings is 4. The van der Waals surface area contributed by atoms with E-state index in [2.05, 4.69) is 10.6 Å². The molecule has 0 spiro atoms. The fourth-order valence-electron chi connectivity index (χ4n) is 3.74. The molecule has 0 aliphatic carbocycles. The number of anilines is 2. The Kier molecular flexibility index (Phi) is 8.89. The topological polar surface area (TPSA) is 85.9 Å². The van der Waals surface area contributed by atoms with E-state index in [1.54, 1.807) is 63.8 Å². The van der Waals surface area contributed by atoms with E-state index in [4.69, 9.17) is 14.2 Å². The van der Waals surface area contributed by atoms with Gasteiger partial charge in [0.05, 0.1) is 27.0 Å². The van der Waals surface area contributed by atoms with Crippen molar-refractivity contribution in [1.82, 2.24) is 0 Å². The number of amides is 2. The SMILES string of the molecule is COc1ccc(C(=O)Nc2cccc(SC(C(=O)Nc3cc(OC)ccc3OC)c3ccccc3)c2)cc1. The molecule has 8 heteroatoms. The normalized spacial score (nSPS) is 11.2. The molecule has 0 fully saturated rings. The lowest BCUT2D eigenvalue weighted by Gasteiger charge is -2.19. The quantitative estimate of drug-likeness (QED) is 0.231. The van der Waals surface area contributed by atoms with E-state index in [0.717, 1.165) is 10.5 Å². The Morgan fingerprint density at radius 3 is 2.11 bits per heavy atom. The van der Waals surface area contributed by atoms with Crippen molar-refractivity contribution in [2.45, 2.75) is 10.1 Å². The van der Waals surface area contributed by atoms with Crippen LogP contribution in [0.3, 0.4) is 0 Å². The molecular weight excluding hydrogens is 500 g/mol. The molecular formula is C30H28N2O5S. The van der Waals surface area contributed by atoms with E-state index in [9.17, 15) is 9.59 Å². The van der Waals surface area contributed by atoms with Gasteiger partial charge in [-0.15, -0.1) is 11.8 Å². The number of nitrogens with one attached hydrogen (secondary N) is 2. The first-order valence-electron chi connectivity index (χ1n) is 11.8. The summed E-state index contributed by atoms with van der Waals surface area (Å²) in [6.45, 7) is 0. The van der Waals surface area contributed by atoms with E-state index in [-0.39, 0.29) is 11.8 Å². The number of ether oxygens (including phenoxy) is 3. The Morgan fingerprint density at radius 2 is 1.42 bits per heavy atom. The van der Waals surface area contributed by atoms with Gasteiger partial charge >= 0.3 is 0 Å². The molecule has 4 rings (SSSR count). The second-order valence-corrected chi connectivity index (χ2v) is 9.35. The maximum absolute atomic E-state index is 13.6. The predicted octanol–water partition coefficient (Wildman–Crippen LogP) is 6.44. The van der Waals surface area contributed by atoms with Crippen molar-refractivity contribution in [2.24, 2.45) is 0 Å². The van der Waals surface area contributed by atoms with Gasteiger partial charge in [-0.1, -0.05) is 36.4 Å². The number of hydrogen-bond donors (Lipinski definition) is 2. The van der Waals surface area contributed by atoms with Gasteiger partial charge in [-0.25, -0.2) is 0 Å². The van der Waals surface area contributed by atoms with Crippen molar-refractivity contribution in [2.75, 3.05) is 32.0 Å². The van der Waals surface area contributed by atoms with Crippen LogP contribution in [-0.2, 0) is 4.79 Å². The average molecular weight is 529 g/mol. The van der Waals surface area contributed by atoms with Gasteiger partial charge in [-0.05, 0) is 60.2 Å². The molecule has 0 aliphatic rings. The highest BCUT2D eigenvalue weighted by atomic mass is 32.2. The molecule has 0 aromatic heterocycles. The van der Waals surface area contributed by atoms with E-state index in [1.807, 2.05) is 54.6 Å². The Labute approximate surface area is 226 Å². The zero-order chi connectivity index (χ0) is 26.9. The lowest BCUT2D eigenvalue weighted by molar-refractivity contribution is -0.115. The third-order valence-corrected chi connectivity index (χ3v) is 6.95. The second-order valence-electron chi connectivity index (χ2n) is 8.17. The van der Waals surface area contributed by atoms with Gasteiger partial charge in [0.2, 0.25) is 5.91 Å². The van der Waals surface area contributed by atoms with Crippen LogP contribution in [0.5, 0.6) is 17.2 Å². The lowest BCUT2D eigenvalue weighted by atomic mass is 10.1. The fraction of sp³-hybridized carbons (Fsp3) is 0.133. The van der Waals surface area contributed by atoms with Crippen LogP contribution in [0.4, 0.5) is 11.4 Å². The number of thioether (sulfide) groups is 1. The third kappa shape index (κ3) is 6.66. The predicted molar refractivity (Wildman–Crippen MR) is 151 cm³/mol. The highest BCUT2D eigenvalue weighted by Gasteiger charge is 2.24. The number of carbonyl (C=O) groups is 2. The first-order chi connectivity index (χ1) is 18.5. The third-order valence-electron chi connectivity index (χ3n) is 5.70. The van der Waals surface area contributed by atoms with Gasteiger partial charge < -0.3 is 24.8 Å². The first kappa shape index (κ1) is 26.6. The summed E-state index contributed by atoms with van der Waals surface area (Å²) in [6.07, 6.45) is 0. The summed E-state index contributed by atoms with van der Waals surface area (Å²) in [5.74, 6) is 1.35. The van der Waals surface area contributed by atoms with Crippen molar-refractivity contribution in [3.05, 3.63) is 108 Å². The fourth-order valence-corrected chi connectivity index (χ4v) is 4.82. The van der Waals surface area contributed by atoms with Crippen LogP contribution in [0.15, 0.2) is 102 Å². The van der Waals surface area contributed by atoms with E-state index in [1.165, 1.54) is 11.8 Å².